The number of aromatic nitrogens is 2. The van der Waals surface area contributed by atoms with Gasteiger partial charge in [0.15, 0.2) is 0 Å². The van der Waals surface area contributed by atoms with E-state index >= 15 is 0 Å². The summed E-state index contributed by atoms with van der Waals surface area (Å²) in [6.07, 6.45) is 0.847. The predicted molar refractivity (Wildman–Crippen MR) is 97.9 cm³/mol. The molecule has 2 aromatic rings. The van der Waals surface area contributed by atoms with Crippen molar-refractivity contribution >= 4 is 29.2 Å². The monoisotopic (exact) mass is 363 g/mol. The molecule has 0 unspecified atom stereocenters. The number of urea groups is 1. The lowest BCUT2D eigenvalue weighted by molar-refractivity contribution is 0.0954. The Balaban J connectivity index is 1.93. The maximum atomic E-state index is 12.0. The van der Waals surface area contributed by atoms with E-state index in [0.29, 0.717) is 24.3 Å². The van der Waals surface area contributed by atoms with Crippen LogP contribution < -0.4 is 16.0 Å². The molecule has 1 heterocycles. The highest BCUT2D eigenvalue weighted by atomic mass is 35.5. The van der Waals surface area contributed by atoms with Crippen molar-refractivity contribution in [1.29, 1.82) is 0 Å². The van der Waals surface area contributed by atoms with Gasteiger partial charge in [0, 0.05) is 19.3 Å². The molecule has 0 spiro atoms. The third kappa shape index (κ3) is 5.22. The van der Waals surface area contributed by atoms with Crippen molar-refractivity contribution in [1.82, 2.24) is 20.4 Å². The number of benzene rings is 1. The molecule has 2 rings (SSSR count). The van der Waals surface area contributed by atoms with Crippen molar-refractivity contribution in [3.63, 3.8) is 0 Å². The average Bonchev–Trinajstić information content (AvgIpc) is 2.88. The Morgan fingerprint density at radius 3 is 2.60 bits per heavy atom. The van der Waals surface area contributed by atoms with Gasteiger partial charge in [-0.2, -0.15) is 5.10 Å². The topological polar surface area (TPSA) is 88.1 Å². The molecule has 134 valence electrons. The second-order valence-electron chi connectivity index (χ2n) is 5.66. The van der Waals surface area contributed by atoms with Gasteiger partial charge in [0.05, 0.1) is 28.5 Å². The minimum Gasteiger partial charge on any atom is -0.352 e. The molecular formula is C17H22ClN5O2. The number of hydrogen-bond donors (Lipinski definition) is 3. The zero-order valence-electron chi connectivity index (χ0n) is 14.5. The zero-order chi connectivity index (χ0) is 18.4. The van der Waals surface area contributed by atoms with Crippen LogP contribution in [0.25, 0.3) is 0 Å². The minimum absolute atomic E-state index is 0.227. The third-order valence-electron chi connectivity index (χ3n) is 3.54. The summed E-state index contributed by atoms with van der Waals surface area (Å²) in [5.74, 6) is -0.227. The van der Waals surface area contributed by atoms with Gasteiger partial charge in [-0.3, -0.25) is 9.48 Å². The Bertz CT molecular complexity index is 772. The molecule has 0 saturated heterocycles. The second-order valence-corrected chi connectivity index (χ2v) is 6.07. The highest BCUT2D eigenvalue weighted by Crippen LogP contribution is 2.21. The van der Waals surface area contributed by atoms with Gasteiger partial charge in [-0.15, -0.1) is 0 Å². The lowest BCUT2D eigenvalue weighted by Crippen LogP contribution is -2.29. The summed E-state index contributed by atoms with van der Waals surface area (Å²) in [6, 6.07) is 6.32. The smallest absolute Gasteiger partial charge is 0.319 e. The number of nitrogens with one attached hydrogen (secondary N) is 3. The number of amides is 3. The Morgan fingerprint density at radius 2 is 2.00 bits per heavy atom. The molecule has 0 atom stereocenters. The van der Waals surface area contributed by atoms with Crippen LogP contribution in [0.4, 0.5) is 10.5 Å². The van der Waals surface area contributed by atoms with Gasteiger partial charge in [0.1, 0.15) is 0 Å². The lowest BCUT2D eigenvalue weighted by atomic mass is 10.2. The first-order valence-electron chi connectivity index (χ1n) is 8.02. The first-order valence-corrected chi connectivity index (χ1v) is 8.40. The summed E-state index contributed by atoms with van der Waals surface area (Å²) in [5, 5.41) is 12.7. The van der Waals surface area contributed by atoms with Crippen molar-refractivity contribution in [2.45, 2.75) is 26.8 Å². The number of carbonyl (C=O) groups excluding carboxylic acids is 2. The molecule has 0 aliphatic carbocycles. The highest BCUT2D eigenvalue weighted by molar-refractivity contribution is 6.34. The third-order valence-corrected chi connectivity index (χ3v) is 3.85. The Labute approximate surface area is 151 Å². The van der Waals surface area contributed by atoms with Crippen molar-refractivity contribution in [2.75, 3.05) is 11.9 Å². The van der Waals surface area contributed by atoms with Gasteiger partial charge in [0.2, 0.25) is 0 Å². The van der Waals surface area contributed by atoms with Gasteiger partial charge in [0.25, 0.3) is 5.91 Å². The SMILES string of the molecule is CCCNC(=O)c1ccc(NC(=O)NCc2cc(C)nn2C)cc1Cl. The molecule has 0 aliphatic heterocycles. The number of carbonyl (C=O) groups is 2. The molecular weight excluding hydrogens is 342 g/mol. The molecule has 0 bridgehead atoms. The van der Waals surface area contributed by atoms with Crippen molar-refractivity contribution in [2.24, 2.45) is 7.05 Å². The summed E-state index contributed by atoms with van der Waals surface area (Å²) >= 11 is 6.14. The van der Waals surface area contributed by atoms with Crippen molar-refractivity contribution in [3.8, 4) is 0 Å². The summed E-state index contributed by atoms with van der Waals surface area (Å²) in [5.41, 5.74) is 2.68. The normalized spacial score (nSPS) is 10.4. The number of halogens is 1. The quantitative estimate of drug-likeness (QED) is 0.737. The molecule has 1 aromatic heterocycles. The van der Waals surface area contributed by atoms with Crippen LogP contribution in [0, 0.1) is 6.92 Å². The van der Waals surface area contributed by atoms with Crippen molar-refractivity contribution < 1.29 is 9.59 Å². The van der Waals surface area contributed by atoms with E-state index in [2.05, 4.69) is 21.0 Å². The van der Waals surface area contributed by atoms with Gasteiger partial charge < -0.3 is 16.0 Å². The van der Waals surface area contributed by atoms with Gasteiger partial charge in [-0.1, -0.05) is 18.5 Å². The molecule has 3 N–H and O–H groups in total. The maximum absolute atomic E-state index is 12.0. The Hall–Kier alpha value is -2.54. The highest BCUT2D eigenvalue weighted by Gasteiger charge is 2.11. The van der Waals surface area contributed by atoms with Gasteiger partial charge in [-0.25, -0.2) is 4.79 Å². The van der Waals surface area contributed by atoms with Gasteiger partial charge >= 0.3 is 6.03 Å². The average molecular weight is 364 g/mol. The Morgan fingerprint density at radius 1 is 1.24 bits per heavy atom. The van der Waals surface area contributed by atoms with Crippen LogP contribution in [0.15, 0.2) is 24.3 Å². The number of rotatable bonds is 6. The number of nitrogens with zero attached hydrogens (tertiary/aromatic N) is 2. The molecule has 0 saturated carbocycles. The van der Waals surface area contributed by atoms with E-state index in [1.165, 1.54) is 0 Å². The minimum atomic E-state index is -0.363. The van der Waals surface area contributed by atoms with Crippen LogP contribution in [-0.4, -0.2) is 28.3 Å². The Kier molecular flexibility index (Phi) is 6.41. The summed E-state index contributed by atoms with van der Waals surface area (Å²) in [7, 11) is 1.82. The van der Waals surface area contributed by atoms with E-state index in [1.54, 1.807) is 22.9 Å². The molecule has 0 aliphatic rings. The predicted octanol–water partition coefficient (Wildman–Crippen LogP) is 2.84. The van der Waals surface area contributed by atoms with Crippen molar-refractivity contribution in [3.05, 3.63) is 46.2 Å². The van der Waals surface area contributed by atoms with Crippen LogP contribution in [-0.2, 0) is 13.6 Å². The summed E-state index contributed by atoms with van der Waals surface area (Å²) in [4.78, 5) is 23.9. The van der Waals surface area contributed by atoms with E-state index in [-0.39, 0.29) is 17.0 Å². The van der Waals surface area contributed by atoms with Gasteiger partial charge in [-0.05, 0) is 37.6 Å². The van der Waals surface area contributed by atoms with E-state index in [9.17, 15) is 9.59 Å². The number of hydrogen-bond acceptors (Lipinski definition) is 3. The fraction of sp³-hybridized carbons (Fsp3) is 0.353. The fourth-order valence-corrected chi connectivity index (χ4v) is 2.55. The molecule has 8 heteroatoms. The molecule has 25 heavy (non-hydrogen) atoms. The maximum Gasteiger partial charge on any atom is 0.319 e. The van der Waals surface area contributed by atoms with E-state index in [4.69, 9.17) is 11.6 Å². The number of anilines is 1. The van der Waals surface area contributed by atoms with Crippen LogP contribution in [0.5, 0.6) is 0 Å². The fourth-order valence-electron chi connectivity index (χ4n) is 2.29. The first kappa shape index (κ1) is 18.8. The summed E-state index contributed by atoms with van der Waals surface area (Å²) in [6.45, 7) is 4.81. The molecule has 0 fully saturated rings. The zero-order valence-corrected chi connectivity index (χ0v) is 15.3. The largest absolute Gasteiger partial charge is 0.352 e. The molecule has 0 radical (unpaired) electrons. The molecule has 3 amide bonds. The summed E-state index contributed by atoms with van der Waals surface area (Å²) < 4.78 is 1.72. The van der Waals surface area contributed by atoms with Crippen LogP contribution in [0.1, 0.15) is 35.1 Å². The number of aryl methyl sites for hydroxylation is 2. The van der Waals surface area contributed by atoms with Crippen LogP contribution in [0.3, 0.4) is 0 Å². The van der Waals surface area contributed by atoms with Crippen LogP contribution in [0.2, 0.25) is 5.02 Å². The van der Waals surface area contributed by atoms with E-state index in [1.807, 2.05) is 27.0 Å². The molecule has 7 nitrogen and oxygen atoms in total. The van der Waals surface area contributed by atoms with E-state index < -0.39 is 0 Å². The lowest BCUT2D eigenvalue weighted by Gasteiger charge is -2.10. The second kappa shape index (κ2) is 8.53. The van der Waals surface area contributed by atoms with Crippen LogP contribution >= 0.6 is 11.6 Å². The van der Waals surface area contributed by atoms with E-state index in [0.717, 1.165) is 17.8 Å². The molecule has 1 aromatic carbocycles. The standard InChI is InChI=1S/C17H22ClN5O2/c1-4-7-19-16(24)14-6-5-12(9-15(14)18)21-17(25)20-10-13-8-11(2)22-23(13)3/h5-6,8-9H,4,7,10H2,1-3H3,(H,19,24)(H2,20,21,25). The first-order chi connectivity index (χ1) is 11.9.